The summed E-state index contributed by atoms with van der Waals surface area (Å²) < 4.78 is 18.1. The van der Waals surface area contributed by atoms with Crippen LogP contribution in [0.1, 0.15) is 36.6 Å². The van der Waals surface area contributed by atoms with Crippen LogP contribution in [0.4, 0.5) is 0 Å². The van der Waals surface area contributed by atoms with Crippen LogP contribution in [-0.2, 0) is 19.1 Å². The van der Waals surface area contributed by atoms with E-state index in [0.29, 0.717) is 31.9 Å². The van der Waals surface area contributed by atoms with Crippen LogP contribution in [-0.4, -0.2) is 36.3 Å². The molecular weight excluding hydrogens is 540 g/mol. The van der Waals surface area contributed by atoms with Crippen LogP contribution >= 0.6 is 11.3 Å². The van der Waals surface area contributed by atoms with Gasteiger partial charge in [0.1, 0.15) is 5.75 Å². The Morgan fingerprint density at radius 1 is 0.902 bits per heavy atom. The molecule has 0 spiro atoms. The predicted octanol–water partition coefficient (Wildman–Crippen LogP) is 3.88. The predicted molar refractivity (Wildman–Crippen MR) is 156 cm³/mol. The summed E-state index contributed by atoms with van der Waals surface area (Å²) in [6.07, 6.45) is 1.71. The monoisotopic (exact) mass is 568 g/mol. The van der Waals surface area contributed by atoms with E-state index in [9.17, 15) is 14.4 Å². The number of ether oxygens (including phenoxy) is 3. The first-order valence-corrected chi connectivity index (χ1v) is 14.0. The summed E-state index contributed by atoms with van der Waals surface area (Å²) in [6.45, 7) is 3.65. The number of hydrogen-bond acceptors (Lipinski definition) is 8. The number of benzene rings is 3. The molecule has 2 heterocycles. The van der Waals surface area contributed by atoms with Crippen LogP contribution in [0.15, 0.2) is 100 Å². The van der Waals surface area contributed by atoms with Crippen LogP contribution in [0.5, 0.6) is 5.75 Å². The Morgan fingerprint density at radius 3 is 2.27 bits per heavy atom. The van der Waals surface area contributed by atoms with Gasteiger partial charge in [-0.2, -0.15) is 0 Å². The highest BCUT2D eigenvalue weighted by Gasteiger charge is 2.35. The highest BCUT2D eigenvalue weighted by molar-refractivity contribution is 7.07. The van der Waals surface area contributed by atoms with Crippen molar-refractivity contribution in [2.24, 2.45) is 4.99 Å². The fraction of sp³-hybridized carbons (Fsp3) is 0.188. The van der Waals surface area contributed by atoms with Gasteiger partial charge in [-0.3, -0.25) is 9.36 Å². The van der Waals surface area contributed by atoms with Crippen molar-refractivity contribution in [3.05, 3.63) is 127 Å². The Kier molecular flexibility index (Phi) is 8.55. The average molecular weight is 569 g/mol. The van der Waals surface area contributed by atoms with Gasteiger partial charge in [0.15, 0.2) is 11.4 Å². The third-order valence-electron chi connectivity index (χ3n) is 6.35. The van der Waals surface area contributed by atoms with Gasteiger partial charge in [-0.15, -0.1) is 0 Å². The SMILES string of the molecule is CCOC(=O)COc1ccccc1/C=c1\sc2n(c1=O)[C@H](c1ccccc1)C(C(=O)OCC)=C(c1ccccc1)N=2. The Morgan fingerprint density at radius 2 is 1.56 bits per heavy atom. The lowest BCUT2D eigenvalue weighted by Gasteiger charge is -2.25. The summed E-state index contributed by atoms with van der Waals surface area (Å²) in [5, 5.41) is 0. The molecule has 0 bridgehead atoms. The number of fused-ring (bicyclic) bond motifs is 1. The summed E-state index contributed by atoms with van der Waals surface area (Å²) in [7, 11) is 0. The maximum atomic E-state index is 14.0. The van der Waals surface area contributed by atoms with E-state index in [1.165, 1.54) is 11.3 Å². The molecule has 1 aliphatic rings. The molecule has 3 aromatic carbocycles. The molecule has 4 aromatic rings. The van der Waals surface area contributed by atoms with Gasteiger partial charge in [-0.05, 0) is 31.6 Å². The highest BCUT2D eigenvalue weighted by Crippen LogP contribution is 2.35. The number of carbonyl (C=O) groups excluding carboxylic acids is 2. The zero-order chi connectivity index (χ0) is 28.8. The summed E-state index contributed by atoms with van der Waals surface area (Å²) in [5.74, 6) is -0.580. The molecule has 0 aliphatic carbocycles. The van der Waals surface area contributed by atoms with Gasteiger partial charge in [0.05, 0.1) is 35.1 Å². The Hall–Kier alpha value is -4.76. The normalized spacial score (nSPS) is 14.7. The van der Waals surface area contributed by atoms with Crippen molar-refractivity contribution in [1.82, 2.24) is 4.57 Å². The number of hydrogen-bond donors (Lipinski definition) is 0. The van der Waals surface area contributed by atoms with Crippen LogP contribution in [0.3, 0.4) is 0 Å². The fourth-order valence-electron chi connectivity index (χ4n) is 4.60. The number of thiazole rings is 1. The van der Waals surface area contributed by atoms with E-state index >= 15 is 0 Å². The van der Waals surface area contributed by atoms with Gasteiger partial charge in [-0.1, -0.05) is 90.2 Å². The van der Waals surface area contributed by atoms with Gasteiger partial charge >= 0.3 is 11.9 Å². The maximum absolute atomic E-state index is 14.0. The van der Waals surface area contributed by atoms with Crippen LogP contribution < -0.4 is 19.6 Å². The molecule has 1 aliphatic heterocycles. The van der Waals surface area contributed by atoms with E-state index < -0.39 is 18.0 Å². The zero-order valence-corrected chi connectivity index (χ0v) is 23.4. The second kappa shape index (κ2) is 12.6. The third-order valence-corrected chi connectivity index (χ3v) is 7.33. The molecule has 9 heteroatoms. The van der Waals surface area contributed by atoms with Crippen molar-refractivity contribution in [3.8, 4) is 5.75 Å². The molecule has 0 saturated carbocycles. The second-order valence-corrected chi connectivity index (χ2v) is 9.98. The number of esters is 2. The second-order valence-electron chi connectivity index (χ2n) is 8.97. The van der Waals surface area contributed by atoms with Gasteiger partial charge in [0, 0.05) is 11.1 Å². The van der Waals surface area contributed by atoms with Gasteiger partial charge in [0.25, 0.3) is 5.56 Å². The van der Waals surface area contributed by atoms with E-state index in [1.807, 2.05) is 66.7 Å². The summed E-state index contributed by atoms with van der Waals surface area (Å²) in [5.41, 5.74) is 2.56. The Labute approximate surface area is 240 Å². The molecule has 0 radical (unpaired) electrons. The van der Waals surface area contributed by atoms with E-state index in [-0.39, 0.29) is 25.4 Å². The quantitative estimate of drug-likeness (QED) is 0.285. The molecule has 0 N–H and O–H groups in total. The number of rotatable bonds is 9. The number of para-hydroxylation sites is 1. The molecule has 1 aromatic heterocycles. The summed E-state index contributed by atoms with van der Waals surface area (Å²) in [4.78, 5) is 44.7. The minimum Gasteiger partial charge on any atom is -0.481 e. The largest absolute Gasteiger partial charge is 0.481 e. The van der Waals surface area contributed by atoms with Crippen molar-refractivity contribution in [2.75, 3.05) is 19.8 Å². The summed E-state index contributed by atoms with van der Waals surface area (Å²) >= 11 is 1.22. The van der Waals surface area contributed by atoms with Crippen molar-refractivity contribution in [2.45, 2.75) is 19.9 Å². The van der Waals surface area contributed by atoms with E-state index in [1.54, 1.807) is 42.7 Å². The molecular formula is C32H28N2O6S. The van der Waals surface area contributed by atoms with Crippen LogP contribution in [0.25, 0.3) is 11.8 Å². The van der Waals surface area contributed by atoms with Gasteiger partial charge in [-0.25, -0.2) is 14.6 Å². The molecule has 0 amide bonds. The first-order valence-electron chi connectivity index (χ1n) is 13.2. The topological polar surface area (TPSA) is 96.2 Å². The van der Waals surface area contributed by atoms with Crippen molar-refractivity contribution in [3.63, 3.8) is 0 Å². The average Bonchev–Trinajstić information content (AvgIpc) is 3.31. The zero-order valence-electron chi connectivity index (χ0n) is 22.6. The van der Waals surface area contributed by atoms with Crippen molar-refractivity contribution < 1.29 is 23.8 Å². The standard InChI is InChI=1S/C32H28N2O6S/c1-3-38-26(35)20-40-24-18-12-11-17-23(24)19-25-30(36)34-29(22-15-9-6-10-16-22)27(31(37)39-4-2)28(33-32(34)41-25)21-13-7-5-8-14-21/h5-19,29H,3-4,20H2,1-2H3/b25-19-/t29-/m1/s1. The van der Waals surface area contributed by atoms with Crippen molar-refractivity contribution in [1.29, 1.82) is 0 Å². The lowest BCUT2D eigenvalue weighted by atomic mass is 9.93. The lowest BCUT2D eigenvalue weighted by molar-refractivity contribution is -0.145. The van der Waals surface area contributed by atoms with Crippen molar-refractivity contribution >= 4 is 35.0 Å². The fourth-order valence-corrected chi connectivity index (χ4v) is 5.59. The minimum atomic E-state index is -0.751. The molecule has 0 saturated heterocycles. The maximum Gasteiger partial charge on any atom is 0.344 e. The molecule has 5 rings (SSSR count). The molecule has 41 heavy (non-hydrogen) atoms. The molecule has 1 atom stereocenters. The summed E-state index contributed by atoms with van der Waals surface area (Å²) in [6, 6.07) is 25.2. The first-order chi connectivity index (χ1) is 20.0. The van der Waals surface area contributed by atoms with Gasteiger partial charge in [0.2, 0.25) is 0 Å². The van der Waals surface area contributed by atoms with E-state index in [2.05, 4.69) is 0 Å². The first kappa shape index (κ1) is 27.8. The van der Waals surface area contributed by atoms with Gasteiger partial charge < -0.3 is 14.2 Å². The lowest BCUT2D eigenvalue weighted by Crippen LogP contribution is -2.40. The minimum absolute atomic E-state index is 0.179. The third kappa shape index (κ3) is 5.90. The number of nitrogens with zero attached hydrogens (tertiary/aromatic N) is 2. The number of carbonyl (C=O) groups is 2. The Bertz CT molecular complexity index is 1770. The van der Waals surface area contributed by atoms with E-state index in [4.69, 9.17) is 19.2 Å². The molecule has 8 nitrogen and oxygen atoms in total. The highest BCUT2D eigenvalue weighted by atomic mass is 32.1. The van der Waals surface area contributed by atoms with E-state index in [0.717, 1.165) is 11.1 Å². The molecule has 0 unspecified atom stereocenters. The molecule has 208 valence electrons. The molecule has 0 fully saturated rings. The van der Waals surface area contributed by atoms with Crippen LogP contribution in [0, 0.1) is 0 Å². The number of aromatic nitrogens is 1. The smallest absolute Gasteiger partial charge is 0.344 e. The Balaban J connectivity index is 1.71. The van der Waals surface area contributed by atoms with Crippen LogP contribution in [0.2, 0.25) is 0 Å².